The van der Waals surface area contributed by atoms with Gasteiger partial charge in [0.25, 0.3) is 0 Å². The first-order valence-corrected chi connectivity index (χ1v) is 8.89. The molecule has 5 nitrogen and oxygen atoms in total. The monoisotopic (exact) mass is 341 g/mol. The van der Waals surface area contributed by atoms with Crippen LogP contribution in [0.5, 0.6) is 0 Å². The zero-order chi connectivity index (χ0) is 18.4. The molecule has 2 rings (SSSR count). The molecule has 1 aliphatic heterocycles. The first-order valence-electron chi connectivity index (χ1n) is 8.89. The van der Waals surface area contributed by atoms with Crippen LogP contribution in [0.3, 0.4) is 0 Å². The smallest absolute Gasteiger partial charge is 0.109 e. The van der Waals surface area contributed by atoms with Crippen molar-refractivity contribution >= 4 is 0 Å². The standard InChI is InChI=1S/C20H31N5/c1-4-16(22)9-10-24-20-17(18(23)7-6-14(3)21)12-15-11-13(2)5-8-19(15)25-20/h5-8,11-12,16,19,24-25H,4,9-10,21-23H2,1-3H3/b14-6-,18-7-. The average Bonchev–Trinajstić information content (AvgIpc) is 2.58. The SMILES string of the molecule is CCC(N)CCNC1=C(/C(N)=C/C=C(/C)N)C=C2C=C(C)C=CC2N1. The molecule has 0 radical (unpaired) electrons. The number of nitrogens with one attached hydrogen (secondary N) is 2. The summed E-state index contributed by atoms with van der Waals surface area (Å²) < 4.78 is 0. The number of dihydropyridines is 1. The van der Waals surface area contributed by atoms with E-state index >= 15 is 0 Å². The second-order valence-corrected chi connectivity index (χ2v) is 6.72. The summed E-state index contributed by atoms with van der Waals surface area (Å²) >= 11 is 0. The van der Waals surface area contributed by atoms with Gasteiger partial charge in [-0.1, -0.05) is 30.7 Å². The van der Waals surface area contributed by atoms with E-state index in [0.717, 1.165) is 36.5 Å². The molecular weight excluding hydrogens is 310 g/mol. The molecule has 5 heteroatoms. The molecule has 0 saturated carbocycles. The van der Waals surface area contributed by atoms with Gasteiger partial charge in [0, 0.05) is 29.6 Å². The summed E-state index contributed by atoms with van der Waals surface area (Å²) in [4.78, 5) is 0. The summed E-state index contributed by atoms with van der Waals surface area (Å²) in [7, 11) is 0. The minimum atomic E-state index is 0.161. The number of rotatable bonds is 7. The lowest BCUT2D eigenvalue weighted by Crippen LogP contribution is -2.40. The van der Waals surface area contributed by atoms with Gasteiger partial charge in [0.05, 0.1) is 6.04 Å². The highest BCUT2D eigenvalue weighted by molar-refractivity contribution is 5.54. The zero-order valence-corrected chi connectivity index (χ0v) is 15.5. The van der Waals surface area contributed by atoms with Gasteiger partial charge in [-0.25, -0.2) is 0 Å². The summed E-state index contributed by atoms with van der Waals surface area (Å²) in [5, 5.41) is 7.01. The van der Waals surface area contributed by atoms with Crippen LogP contribution >= 0.6 is 0 Å². The number of nitrogens with two attached hydrogens (primary N) is 3. The predicted octanol–water partition coefficient (Wildman–Crippen LogP) is 2.03. The lowest BCUT2D eigenvalue weighted by atomic mass is 9.92. The minimum absolute atomic E-state index is 0.161. The van der Waals surface area contributed by atoms with Gasteiger partial charge in [0.15, 0.2) is 0 Å². The molecule has 0 saturated heterocycles. The molecule has 0 amide bonds. The lowest BCUT2D eigenvalue weighted by molar-refractivity contribution is 0.552. The van der Waals surface area contributed by atoms with E-state index in [1.807, 2.05) is 19.1 Å². The van der Waals surface area contributed by atoms with Gasteiger partial charge >= 0.3 is 0 Å². The van der Waals surface area contributed by atoms with E-state index in [1.54, 1.807) is 0 Å². The van der Waals surface area contributed by atoms with Gasteiger partial charge in [-0.05, 0) is 50.5 Å². The quantitative estimate of drug-likeness (QED) is 0.456. The Labute approximate surface area is 151 Å². The maximum atomic E-state index is 6.32. The Balaban J connectivity index is 2.28. The summed E-state index contributed by atoms with van der Waals surface area (Å²) in [5.74, 6) is 0.937. The van der Waals surface area contributed by atoms with Gasteiger partial charge < -0.3 is 27.8 Å². The fourth-order valence-electron chi connectivity index (χ4n) is 2.77. The molecule has 1 aliphatic carbocycles. The first-order chi connectivity index (χ1) is 11.9. The minimum Gasteiger partial charge on any atom is -0.402 e. The van der Waals surface area contributed by atoms with Crippen molar-refractivity contribution in [2.75, 3.05) is 6.54 Å². The fraction of sp³-hybridized carbons (Fsp3) is 0.400. The van der Waals surface area contributed by atoms with E-state index in [9.17, 15) is 0 Å². The molecule has 25 heavy (non-hydrogen) atoms. The molecule has 0 bridgehead atoms. The first kappa shape index (κ1) is 18.9. The highest BCUT2D eigenvalue weighted by Gasteiger charge is 2.22. The predicted molar refractivity (Wildman–Crippen MR) is 106 cm³/mol. The molecule has 2 aliphatic rings. The van der Waals surface area contributed by atoms with Crippen LogP contribution in [0.1, 0.15) is 33.6 Å². The maximum absolute atomic E-state index is 6.32. The Hall–Kier alpha value is -2.40. The number of fused-ring (bicyclic) bond motifs is 1. The van der Waals surface area contributed by atoms with Crippen molar-refractivity contribution in [1.82, 2.24) is 10.6 Å². The third-order valence-corrected chi connectivity index (χ3v) is 4.36. The average molecular weight is 342 g/mol. The topological polar surface area (TPSA) is 102 Å². The van der Waals surface area contributed by atoms with Crippen molar-refractivity contribution < 1.29 is 0 Å². The van der Waals surface area contributed by atoms with Gasteiger partial charge in [-0.2, -0.15) is 0 Å². The highest BCUT2D eigenvalue weighted by Crippen LogP contribution is 2.25. The normalized spacial score (nSPS) is 22.0. The van der Waals surface area contributed by atoms with E-state index in [-0.39, 0.29) is 12.1 Å². The van der Waals surface area contributed by atoms with Crippen molar-refractivity contribution in [2.45, 2.75) is 45.7 Å². The van der Waals surface area contributed by atoms with Crippen molar-refractivity contribution in [3.63, 3.8) is 0 Å². The van der Waals surface area contributed by atoms with Crippen LogP contribution in [0.15, 0.2) is 70.4 Å². The molecule has 0 aromatic heterocycles. The van der Waals surface area contributed by atoms with E-state index in [1.165, 1.54) is 11.1 Å². The molecule has 2 unspecified atom stereocenters. The van der Waals surface area contributed by atoms with Crippen molar-refractivity contribution in [2.24, 2.45) is 17.2 Å². The highest BCUT2D eigenvalue weighted by atomic mass is 15.1. The Morgan fingerprint density at radius 1 is 1.32 bits per heavy atom. The summed E-state index contributed by atoms with van der Waals surface area (Å²) in [6.07, 6.45) is 14.2. The molecule has 0 aromatic rings. The van der Waals surface area contributed by atoms with Crippen LogP contribution in [-0.2, 0) is 0 Å². The van der Waals surface area contributed by atoms with Gasteiger partial charge in [-0.15, -0.1) is 0 Å². The second-order valence-electron chi connectivity index (χ2n) is 6.72. The van der Waals surface area contributed by atoms with Crippen LogP contribution in [0.4, 0.5) is 0 Å². The maximum Gasteiger partial charge on any atom is 0.109 e. The lowest BCUT2D eigenvalue weighted by Gasteiger charge is -2.30. The van der Waals surface area contributed by atoms with Gasteiger partial charge in [-0.3, -0.25) is 0 Å². The van der Waals surface area contributed by atoms with Crippen molar-refractivity contribution in [3.05, 3.63) is 70.4 Å². The third kappa shape index (κ3) is 5.29. The summed E-state index contributed by atoms with van der Waals surface area (Å²) in [5.41, 5.74) is 22.8. The molecule has 1 heterocycles. The second kappa shape index (κ2) is 8.62. The number of allylic oxidation sites excluding steroid dienone is 6. The number of hydrogen-bond acceptors (Lipinski definition) is 5. The van der Waals surface area contributed by atoms with Gasteiger partial charge in [0.1, 0.15) is 5.82 Å². The molecule has 2 atom stereocenters. The molecule has 0 fully saturated rings. The van der Waals surface area contributed by atoms with E-state index < -0.39 is 0 Å². The molecular formula is C20H31N5. The van der Waals surface area contributed by atoms with Crippen LogP contribution in [0.2, 0.25) is 0 Å². The van der Waals surface area contributed by atoms with Crippen LogP contribution < -0.4 is 27.8 Å². The van der Waals surface area contributed by atoms with E-state index in [2.05, 4.69) is 48.8 Å². The van der Waals surface area contributed by atoms with Crippen LogP contribution in [0, 0.1) is 0 Å². The number of hydrogen-bond donors (Lipinski definition) is 5. The molecule has 0 aromatic carbocycles. The Morgan fingerprint density at radius 2 is 2.08 bits per heavy atom. The van der Waals surface area contributed by atoms with E-state index in [0.29, 0.717) is 5.70 Å². The summed E-state index contributed by atoms with van der Waals surface area (Å²) in [6.45, 7) is 6.84. The Kier molecular flexibility index (Phi) is 6.53. The molecule has 136 valence electrons. The fourth-order valence-corrected chi connectivity index (χ4v) is 2.77. The largest absolute Gasteiger partial charge is 0.402 e. The van der Waals surface area contributed by atoms with Gasteiger partial charge in [0.2, 0.25) is 0 Å². The van der Waals surface area contributed by atoms with Crippen molar-refractivity contribution in [1.29, 1.82) is 0 Å². The molecule has 8 N–H and O–H groups in total. The van der Waals surface area contributed by atoms with E-state index in [4.69, 9.17) is 17.2 Å². The van der Waals surface area contributed by atoms with Crippen LogP contribution in [-0.4, -0.2) is 18.6 Å². The zero-order valence-electron chi connectivity index (χ0n) is 15.5. The Morgan fingerprint density at radius 3 is 2.76 bits per heavy atom. The third-order valence-electron chi connectivity index (χ3n) is 4.36. The van der Waals surface area contributed by atoms with Crippen LogP contribution in [0.25, 0.3) is 0 Å². The van der Waals surface area contributed by atoms with Crippen molar-refractivity contribution in [3.8, 4) is 0 Å². The molecule has 0 spiro atoms. The Bertz CT molecular complexity index is 672. The summed E-state index contributed by atoms with van der Waals surface area (Å²) in [6, 6.07) is 0.372.